The van der Waals surface area contributed by atoms with E-state index in [-0.39, 0.29) is 17.2 Å². The summed E-state index contributed by atoms with van der Waals surface area (Å²) in [4.78, 5) is 25.4. The van der Waals surface area contributed by atoms with E-state index in [1.165, 1.54) is 27.8 Å². The van der Waals surface area contributed by atoms with Gasteiger partial charge in [0.2, 0.25) is 0 Å². The van der Waals surface area contributed by atoms with Gasteiger partial charge in [-0.05, 0) is 31.2 Å². The maximum atomic E-state index is 12.4. The zero-order chi connectivity index (χ0) is 20.4. The summed E-state index contributed by atoms with van der Waals surface area (Å²) in [6.45, 7) is 9.59. The zero-order valence-corrected chi connectivity index (χ0v) is 16.8. The monoisotopic (exact) mass is 403 g/mol. The van der Waals surface area contributed by atoms with Crippen LogP contribution in [0.4, 0.5) is 0 Å². The lowest BCUT2D eigenvalue weighted by Gasteiger charge is -2.16. The van der Waals surface area contributed by atoms with E-state index in [0.29, 0.717) is 22.8 Å². The van der Waals surface area contributed by atoms with Crippen molar-refractivity contribution in [1.29, 1.82) is 0 Å². The van der Waals surface area contributed by atoms with Crippen LogP contribution >= 0.6 is 24.0 Å². The molecule has 0 saturated carbocycles. The molecule has 0 saturated heterocycles. The fourth-order valence-corrected chi connectivity index (χ4v) is 2.94. The first-order valence-electron chi connectivity index (χ1n) is 7.89. The van der Waals surface area contributed by atoms with E-state index >= 15 is 0 Å². The number of ether oxygens (including phenoxy) is 1. The van der Waals surface area contributed by atoms with Crippen LogP contribution in [0.25, 0.3) is 5.76 Å². The topological polar surface area (TPSA) is 66.8 Å². The molecule has 0 aliphatic carbocycles. The number of amides is 1. The van der Waals surface area contributed by atoms with Crippen LogP contribution in [0, 0.1) is 0 Å². The molecule has 0 aliphatic rings. The minimum atomic E-state index is -1.03. The van der Waals surface area contributed by atoms with Gasteiger partial charge in [0, 0.05) is 23.9 Å². The highest BCUT2D eigenvalue weighted by Gasteiger charge is 2.15. The fraction of sp³-hybridized carbons (Fsp3) is 0.150. The van der Waals surface area contributed by atoms with Crippen LogP contribution in [0.1, 0.15) is 22.8 Å². The number of thiocarbonyl (C=S) groups is 1. The summed E-state index contributed by atoms with van der Waals surface area (Å²) in [5, 5.41) is 9.13. The number of aromatic carboxylic acids is 1. The second kappa shape index (κ2) is 11.2. The Balaban J connectivity index is 3.04. The Bertz CT molecular complexity index is 812. The maximum Gasteiger partial charge on any atom is 0.335 e. The van der Waals surface area contributed by atoms with Crippen molar-refractivity contribution in [1.82, 2.24) is 4.90 Å². The van der Waals surface area contributed by atoms with Crippen molar-refractivity contribution < 1.29 is 19.4 Å². The second-order valence-corrected chi connectivity index (χ2v) is 6.75. The predicted octanol–water partition coefficient (Wildman–Crippen LogP) is 4.49. The van der Waals surface area contributed by atoms with Gasteiger partial charge >= 0.3 is 5.97 Å². The van der Waals surface area contributed by atoms with Crippen LogP contribution in [0.2, 0.25) is 0 Å². The minimum absolute atomic E-state index is 0.148. The molecule has 1 N–H and O–H groups in total. The molecule has 0 aliphatic heterocycles. The molecule has 1 amide bonds. The Morgan fingerprint density at radius 3 is 2.59 bits per heavy atom. The van der Waals surface area contributed by atoms with Crippen molar-refractivity contribution in [2.24, 2.45) is 0 Å². The molecule has 27 heavy (non-hydrogen) atoms. The molecule has 1 aromatic rings. The summed E-state index contributed by atoms with van der Waals surface area (Å²) in [5.74, 6) is -0.608. The van der Waals surface area contributed by atoms with Gasteiger partial charge in [0.15, 0.2) is 0 Å². The number of thioether (sulfide) groups is 1. The summed E-state index contributed by atoms with van der Waals surface area (Å²) >= 11 is 5.94. The van der Waals surface area contributed by atoms with Crippen LogP contribution in [-0.4, -0.2) is 40.2 Å². The average Bonchev–Trinajstić information content (AvgIpc) is 2.65. The third-order valence-electron chi connectivity index (χ3n) is 3.32. The third-order valence-corrected chi connectivity index (χ3v) is 4.26. The number of likely N-dealkylation sites (N-methyl/N-ethyl adjacent to an activating group) is 1. The Kier molecular flexibility index (Phi) is 9.25. The number of allylic oxidation sites excluding steroid dienone is 2. The van der Waals surface area contributed by atoms with Gasteiger partial charge in [-0.25, -0.2) is 4.79 Å². The lowest BCUT2D eigenvalue weighted by atomic mass is 10.1. The summed E-state index contributed by atoms with van der Waals surface area (Å²) < 4.78 is 7.11. The first-order valence-corrected chi connectivity index (χ1v) is 9.24. The predicted molar refractivity (Wildman–Crippen MR) is 114 cm³/mol. The molecule has 0 spiro atoms. The van der Waals surface area contributed by atoms with E-state index in [1.807, 2.05) is 0 Å². The van der Waals surface area contributed by atoms with E-state index in [4.69, 9.17) is 22.1 Å². The van der Waals surface area contributed by atoms with Crippen LogP contribution in [0.5, 0.6) is 0 Å². The quantitative estimate of drug-likeness (QED) is 0.204. The average molecular weight is 404 g/mol. The van der Waals surface area contributed by atoms with Crippen molar-refractivity contribution in [2.75, 3.05) is 13.6 Å². The normalized spacial score (nSPS) is 11.5. The van der Waals surface area contributed by atoms with Crippen molar-refractivity contribution in [3.8, 4) is 0 Å². The Morgan fingerprint density at radius 2 is 2.04 bits per heavy atom. The molecule has 0 unspecified atom stereocenters. The van der Waals surface area contributed by atoms with Gasteiger partial charge < -0.3 is 14.7 Å². The lowest BCUT2D eigenvalue weighted by Crippen LogP contribution is -2.27. The highest BCUT2D eigenvalue weighted by Crippen LogP contribution is 2.24. The van der Waals surface area contributed by atoms with Crippen LogP contribution in [0.15, 0.2) is 66.3 Å². The molecule has 0 radical (unpaired) electrons. The fourth-order valence-electron chi connectivity index (χ4n) is 2.07. The molecule has 7 heteroatoms. The van der Waals surface area contributed by atoms with Gasteiger partial charge in [0.1, 0.15) is 11.5 Å². The molecule has 142 valence electrons. The standard InChI is InChI=1S/C20H21NO4S2/c1-5-10-21(4)19(22)18(27-13-26)11-14(3)25-17(6-2)15-8-7-9-16(12-15)20(23)24/h5-9,11-13H,1,3,10H2,2,4H3,(H,23,24)/b17-6-,18-11+. The van der Waals surface area contributed by atoms with Gasteiger partial charge in [-0.2, -0.15) is 0 Å². The highest BCUT2D eigenvalue weighted by atomic mass is 32.2. The molecular weight excluding hydrogens is 382 g/mol. The number of hydrogen-bond donors (Lipinski definition) is 1. The Labute approximate surface area is 168 Å². The lowest BCUT2D eigenvalue weighted by molar-refractivity contribution is -0.124. The SMILES string of the molecule is C=CCN(C)C(=O)/C(=C\C(=C)O/C(=C\C)c1cccc(C(=O)O)c1)SC=S. The first kappa shape index (κ1) is 22.4. The Morgan fingerprint density at radius 1 is 1.37 bits per heavy atom. The largest absolute Gasteiger partial charge is 0.478 e. The summed E-state index contributed by atoms with van der Waals surface area (Å²) in [5.41, 5.74) is 0.737. The molecule has 1 rings (SSSR count). The van der Waals surface area contributed by atoms with Crippen molar-refractivity contribution in [2.45, 2.75) is 6.92 Å². The molecule has 0 atom stereocenters. The van der Waals surface area contributed by atoms with Gasteiger partial charge in [-0.3, -0.25) is 4.79 Å². The van der Waals surface area contributed by atoms with Crippen molar-refractivity contribution >= 4 is 46.3 Å². The van der Waals surface area contributed by atoms with Crippen LogP contribution in [-0.2, 0) is 9.53 Å². The number of carboxylic acids is 1. The molecule has 0 bridgehead atoms. The molecule has 0 aromatic heterocycles. The number of carboxylic acid groups (broad SMARTS) is 1. The van der Waals surface area contributed by atoms with Crippen LogP contribution < -0.4 is 0 Å². The van der Waals surface area contributed by atoms with Gasteiger partial charge in [-0.1, -0.05) is 48.8 Å². The smallest absolute Gasteiger partial charge is 0.335 e. The van der Waals surface area contributed by atoms with E-state index in [1.54, 1.807) is 38.3 Å². The summed E-state index contributed by atoms with van der Waals surface area (Å²) in [6.07, 6.45) is 4.81. The van der Waals surface area contributed by atoms with Crippen molar-refractivity contribution in [3.05, 3.63) is 77.4 Å². The summed E-state index contributed by atoms with van der Waals surface area (Å²) in [7, 11) is 1.65. The first-order chi connectivity index (χ1) is 12.8. The van der Waals surface area contributed by atoms with E-state index in [0.717, 1.165) is 11.8 Å². The molecule has 0 heterocycles. The second-order valence-electron chi connectivity index (χ2n) is 5.30. The maximum absolute atomic E-state index is 12.4. The molecular formula is C20H21NO4S2. The van der Waals surface area contributed by atoms with Crippen LogP contribution in [0.3, 0.4) is 0 Å². The molecule has 1 aromatic carbocycles. The van der Waals surface area contributed by atoms with E-state index in [2.05, 4.69) is 13.2 Å². The number of rotatable bonds is 10. The highest BCUT2D eigenvalue weighted by molar-refractivity contribution is 8.23. The summed E-state index contributed by atoms with van der Waals surface area (Å²) in [6, 6.07) is 6.36. The minimum Gasteiger partial charge on any atom is -0.478 e. The van der Waals surface area contributed by atoms with Gasteiger partial charge in [0.25, 0.3) is 5.91 Å². The number of carbonyl (C=O) groups is 2. The third kappa shape index (κ3) is 6.88. The Hall–Kier alpha value is -2.64. The number of hydrogen-bond acceptors (Lipinski definition) is 5. The van der Waals surface area contributed by atoms with E-state index < -0.39 is 5.97 Å². The number of carbonyl (C=O) groups excluding carboxylic acids is 1. The zero-order valence-electron chi connectivity index (χ0n) is 15.2. The van der Waals surface area contributed by atoms with Gasteiger partial charge in [0.05, 0.1) is 10.5 Å². The van der Waals surface area contributed by atoms with Gasteiger partial charge in [-0.15, -0.1) is 6.58 Å². The number of benzene rings is 1. The number of nitrogens with zero attached hydrogens (tertiary/aromatic N) is 1. The molecule has 0 fully saturated rings. The van der Waals surface area contributed by atoms with E-state index in [9.17, 15) is 9.59 Å². The van der Waals surface area contributed by atoms with Crippen molar-refractivity contribution in [3.63, 3.8) is 0 Å². The molecule has 5 nitrogen and oxygen atoms in total.